The fourth-order valence-corrected chi connectivity index (χ4v) is 1.40. The summed E-state index contributed by atoms with van der Waals surface area (Å²) in [4.78, 5) is 0. The highest BCUT2D eigenvalue weighted by Crippen LogP contribution is 2.17. The van der Waals surface area contributed by atoms with E-state index in [9.17, 15) is 0 Å². The van der Waals surface area contributed by atoms with Crippen LogP contribution in [0, 0.1) is 0 Å². The van der Waals surface area contributed by atoms with E-state index in [0.29, 0.717) is 0 Å². The molecular formula is C12H20N2O. The van der Waals surface area contributed by atoms with E-state index >= 15 is 0 Å². The molecule has 0 aliphatic rings. The van der Waals surface area contributed by atoms with Crippen LogP contribution < -0.4 is 15.8 Å². The van der Waals surface area contributed by atoms with Crippen molar-refractivity contribution in [3.63, 3.8) is 0 Å². The van der Waals surface area contributed by atoms with Gasteiger partial charge in [-0.1, -0.05) is 12.1 Å². The lowest BCUT2D eigenvalue weighted by molar-refractivity contribution is 0.242. The molecule has 1 atom stereocenters. The van der Waals surface area contributed by atoms with Gasteiger partial charge >= 0.3 is 0 Å². The Morgan fingerprint density at radius 3 is 2.33 bits per heavy atom. The molecule has 1 unspecified atom stereocenters. The quantitative estimate of drug-likeness (QED) is 0.774. The number of benzene rings is 1. The maximum absolute atomic E-state index is 5.95. The molecule has 1 rings (SSSR count). The van der Waals surface area contributed by atoms with Crippen molar-refractivity contribution in [3.05, 3.63) is 29.8 Å². The Morgan fingerprint density at radius 2 is 1.87 bits per heavy atom. The predicted molar refractivity (Wildman–Crippen MR) is 63.1 cm³/mol. The van der Waals surface area contributed by atoms with Gasteiger partial charge in [0, 0.05) is 12.6 Å². The molecule has 3 heteroatoms. The summed E-state index contributed by atoms with van der Waals surface area (Å²) in [5, 5.41) is 3.06. The van der Waals surface area contributed by atoms with Crippen molar-refractivity contribution >= 4 is 0 Å². The lowest BCUT2D eigenvalue weighted by Gasteiger charge is -2.13. The molecule has 0 fully saturated rings. The van der Waals surface area contributed by atoms with Gasteiger partial charge in [-0.15, -0.1) is 0 Å². The maximum atomic E-state index is 5.95. The van der Waals surface area contributed by atoms with Crippen molar-refractivity contribution in [2.75, 3.05) is 13.6 Å². The molecule has 1 aromatic rings. The van der Waals surface area contributed by atoms with Crippen LogP contribution in [0.2, 0.25) is 0 Å². The van der Waals surface area contributed by atoms with E-state index in [4.69, 9.17) is 10.5 Å². The van der Waals surface area contributed by atoms with Gasteiger partial charge in [-0.25, -0.2) is 0 Å². The third kappa shape index (κ3) is 3.90. The van der Waals surface area contributed by atoms with E-state index in [0.717, 1.165) is 17.9 Å². The van der Waals surface area contributed by atoms with Gasteiger partial charge in [-0.2, -0.15) is 0 Å². The van der Waals surface area contributed by atoms with Crippen LogP contribution in [0.3, 0.4) is 0 Å². The summed E-state index contributed by atoms with van der Waals surface area (Å²) in [5.74, 6) is 0.894. The molecular weight excluding hydrogens is 188 g/mol. The molecule has 0 aliphatic carbocycles. The molecule has 0 saturated heterocycles. The summed E-state index contributed by atoms with van der Waals surface area (Å²) in [5.41, 5.74) is 7.08. The number of hydrogen-bond donors (Lipinski definition) is 2. The molecule has 0 aromatic heterocycles. The minimum atomic E-state index is 0.0445. The van der Waals surface area contributed by atoms with Crippen LogP contribution in [0.15, 0.2) is 24.3 Å². The van der Waals surface area contributed by atoms with Crippen molar-refractivity contribution in [2.45, 2.75) is 26.0 Å². The van der Waals surface area contributed by atoms with Gasteiger partial charge in [0.1, 0.15) is 5.75 Å². The molecule has 84 valence electrons. The van der Waals surface area contributed by atoms with Crippen LogP contribution >= 0.6 is 0 Å². The zero-order valence-corrected chi connectivity index (χ0v) is 9.66. The zero-order chi connectivity index (χ0) is 11.3. The molecule has 0 radical (unpaired) electrons. The van der Waals surface area contributed by atoms with Crippen LogP contribution in [0.4, 0.5) is 0 Å². The van der Waals surface area contributed by atoms with Crippen molar-refractivity contribution in [1.29, 1.82) is 0 Å². The van der Waals surface area contributed by atoms with Gasteiger partial charge in [0.2, 0.25) is 0 Å². The highest BCUT2D eigenvalue weighted by atomic mass is 16.5. The maximum Gasteiger partial charge on any atom is 0.119 e. The van der Waals surface area contributed by atoms with Gasteiger partial charge in [0.25, 0.3) is 0 Å². The van der Waals surface area contributed by atoms with Crippen LogP contribution in [0.5, 0.6) is 5.75 Å². The van der Waals surface area contributed by atoms with Crippen molar-refractivity contribution < 1.29 is 4.74 Å². The molecule has 3 nitrogen and oxygen atoms in total. The SMILES string of the molecule is CNCC(N)c1ccc(OC(C)C)cc1. The first-order valence-corrected chi connectivity index (χ1v) is 5.30. The Balaban J connectivity index is 2.63. The Labute approximate surface area is 91.6 Å². The second-order valence-corrected chi connectivity index (χ2v) is 3.90. The normalized spacial score (nSPS) is 12.9. The largest absolute Gasteiger partial charge is 0.491 e. The van der Waals surface area contributed by atoms with E-state index < -0.39 is 0 Å². The first-order valence-electron chi connectivity index (χ1n) is 5.30. The van der Waals surface area contributed by atoms with Crippen LogP contribution in [0.25, 0.3) is 0 Å². The van der Waals surface area contributed by atoms with Crippen LogP contribution in [0.1, 0.15) is 25.5 Å². The predicted octanol–water partition coefficient (Wildman–Crippen LogP) is 1.69. The summed E-state index contributed by atoms with van der Waals surface area (Å²) < 4.78 is 5.55. The van der Waals surface area contributed by atoms with Gasteiger partial charge < -0.3 is 15.8 Å². The topological polar surface area (TPSA) is 47.3 Å². The van der Waals surface area contributed by atoms with E-state index in [1.54, 1.807) is 0 Å². The van der Waals surface area contributed by atoms with E-state index in [2.05, 4.69) is 5.32 Å². The Kier molecular flexibility index (Phi) is 4.59. The molecule has 0 heterocycles. The molecule has 0 aliphatic heterocycles. The lowest BCUT2D eigenvalue weighted by atomic mass is 10.1. The summed E-state index contributed by atoms with van der Waals surface area (Å²) in [6, 6.07) is 8.00. The monoisotopic (exact) mass is 208 g/mol. The van der Waals surface area contributed by atoms with Crippen LogP contribution in [-0.2, 0) is 0 Å². The fraction of sp³-hybridized carbons (Fsp3) is 0.500. The molecule has 3 N–H and O–H groups in total. The van der Waals surface area contributed by atoms with E-state index in [1.165, 1.54) is 0 Å². The van der Waals surface area contributed by atoms with Crippen molar-refractivity contribution in [2.24, 2.45) is 5.73 Å². The minimum absolute atomic E-state index is 0.0445. The number of likely N-dealkylation sites (N-methyl/N-ethyl adjacent to an activating group) is 1. The average molecular weight is 208 g/mol. The van der Waals surface area contributed by atoms with Gasteiger partial charge in [-0.3, -0.25) is 0 Å². The average Bonchev–Trinajstić information content (AvgIpc) is 2.18. The molecule has 1 aromatic carbocycles. The number of hydrogen-bond acceptors (Lipinski definition) is 3. The minimum Gasteiger partial charge on any atom is -0.491 e. The second kappa shape index (κ2) is 5.73. The summed E-state index contributed by atoms with van der Waals surface area (Å²) in [7, 11) is 1.90. The second-order valence-electron chi connectivity index (χ2n) is 3.90. The molecule has 0 amide bonds. The third-order valence-electron chi connectivity index (χ3n) is 2.10. The van der Waals surface area contributed by atoms with Gasteiger partial charge in [-0.05, 0) is 38.6 Å². The summed E-state index contributed by atoms with van der Waals surface area (Å²) in [6.45, 7) is 4.81. The molecule has 0 spiro atoms. The first-order chi connectivity index (χ1) is 7.13. The number of nitrogens with one attached hydrogen (secondary N) is 1. The third-order valence-corrected chi connectivity index (χ3v) is 2.10. The molecule has 0 bridgehead atoms. The van der Waals surface area contributed by atoms with Crippen molar-refractivity contribution in [1.82, 2.24) is 5.32 Å². The number of rotatable bonds is 5. The Bertz CT molecular complexity index is 282. The highest BCUT2D eigenvalue weighted by Gasteiger charge is 2.04. The van der Waals surface area contributed by atoms with Gasteiger partial charge in [0.05, 0.1) is 6.10 Å². The summed E-state index contributed by atoms with van der Waals surface area (Å²) in [6.07, 6.45) is 0.210. The number of nitrogens with two attached hydrogens (primary N) is 1. The zero-order valence-electron chi connectivity index (χ0n) is 9.66. The van der Waals surface area contributed by atoms with Gasteiger partial charge in [0.15, 0.2) is 0 Å². The molecule has 0 saturated carbocycles. The molecule has 15 heavy (non-hydrogen) atoms. The smallest absolute Gasteiger partial charge is 0.119 e. The number of ether oxygens (including phenoxy) is 1. The Morgan fingerprint density at radius 1 is 1.27 bits per heavy atom. The fourth-order valence-electron chi connectivity index (χ4n) is 1.40. The van der Waals surface area contributed by atoms with E-state index in [-0.39, 0.29) is 12.1 Å². The van der Waals surface area contributed by atoms with Crippen LogP contribution in [-0.4, -0.2) is 19.7 Å². The Hall–Kier alpha value is -1.06. The first kappa shape index (κ1) is 12.0. The summed E-state index contributed by atoms with van der Waals surface area (Å²) >= 11 is 0. The standard InChI is InChI=1S/C12H20N2O/c1-9(2)15-11-6-4-10(5-7-11)12(13)8-14-3/h4-7,9,12,14H,8,13H2,1-3H3. The highest BCUT2D eigenvalue weighted by molar-refractivity contribution is 5.29. The van der Waals surface area contributed by atoms with Crippen molar-refractivity contribution in [3.8, 4) is 5.75 Å². The van der Waals surface area contributed by atoms with E-state index in [1.807, 2.05) is 45.2 Å². The lowest BCUT2D eigenvalue weighted by Crippen LogP contribution is -2.23.